The molecule has 0 aromatic carbocycles. The van der Waals surface area contributed by atoms with Gasteiger partial charge in [0, 0.05) is 6.04 Å². The summed E-state index contributed by atoms with van der Waals surface area (Å²) in [7, 11) is 0. The summed E-state index contributed by atoms with van der Waals surface area (Å²) in [6, 6.07) is -0.0469. The highest BCUT2D eigenvalue weighted by atomic mass is 16.5. The average Bonchev–Trinajstić information content (AvgIpc) is 2.05. The maximum atomic E-state index is 11.2. The summed E-state index contributed by atoms with van der Waals surface area (Å²) < 4.78 is 4.87. The lowest BCUT2D eigenvalue weighted by atomic mass is 10.0. The highest BCUT2D eigenvalue weighted by molar-refractivity contribution is 5.75. The molecule has 1 aliphatic rings. The van der Waals surface area contributed by atoms with Crippen molar-refractivity contribution in [1.29, 1.82) is 0 Å². The number of hydrogen-bond donors (Lipinski definition) is 2. The van der Waals surface area contributed by atoms with Crippen LogP contribution in [0.3, 0.4) is 0 Å². The van der Waals surface area contributed by atoms with Crippen LogP contribution in [0.4, 0.5) is 0 Å². The topological polar surface area (TPSA) is 64.3 Å². The van der Waals surface area contributed by atoms with Crippen molar-refractivity contribution in [3.63, 3.8) is 0 Å². The van der Waals surface area contributed by atoms with Crippen molar-refractivity contribution >= 4 is 5.97 Å². The van der Waals surface area contributed by atoms with Crippen LogP contribution >= 0.6 is 0 Å². The van der Waals surface area contributed by atoms with E-state index in [0.29, 0.717) is 13.0 Å². The summed E-state index contributed by atoms with van der Waals surface area (Å²) in [6.45, 7) is 3.05. The second-order valence-electron chi connectivity index (χ2n) is 3.04. The summed E-state index contributed by atoms with van der Waals surface area (Å²) in [5, 5.41) is 3.08. The maximum Gasteiger partial charge on any atom is 0.323 e. The van der Waals surface area contributed by atoms with Gasteiger partial charge in [-0.3, -0.25) is 4.79 Å². The van der Waals surface area contributed by atoms with E-state index in [-0.39, 0.29) is 18.1 Å². The molecule has 1 fully saturated rings. The Morgan fingerprint density at radius 3 is 3.08 bits per heavy atom. The molecule has 2 atom stereocenters. The van der Waals surface area contributed by atoms with Crippen LogP contribution in [0.25, 0.3) is 0 Å². The molecular weight excluding hydrogens is 156 g/mol. The van der Waals surface area contributed by atoms with Gasteiger partial charge >= 0.3 is 5.97 Å². The van der Waals surface area contributed by atoms with Gasteiger partial charge < -0.3 is 15.8 Å². The largest absolute Gasteiger partial charge is 0.465 e. The van der Waals surface area contributed by atoms with Gasteiger partial charge in [0.15, 0.2) is 0 Å². The summed E-state index contributed by atoms with van der Waals surface area (Å²) in [5.74, 6) is -0.173. The number of rotatable bonds is 2. The molecule has 3 N–H and O–H groups in total. The van der Waals surface area contributed by atoms with Gasteiger partial charge in [-0.05, 0) is 26.3 Å². The fraction of sp³-hybridized carbons (Fsp3) is 0.875. The summed E-state index contributed by atoms with van der Waals surface area (Å²) >= 11 is 0. The molecule has 0 aromatic rings. The van der Waals surface area contributed by atoms with E-state index in [0.717, 1.165) is 13.0 Å². The molecule has 4 nitrogen and oxygen atoms in total. The van der Waals surface area contributed by atoms with Gasteiger partial charge in [0.1, 0.15) is 6.04 Å². The normalized spacial score (nSPS) is 29.8. The van der Waals surface area contributed by atoms with Crippen molar-refractivity contribution in [1.82, 2.24) is 5.32 Å². The number of esters is 1. The van der Waals surface area contributed by atoms with Crippen LogP contribution in [-0.2, 0) is 9.53 Å². The van der Waals surface area contributed by atoms with Gasteiger partial charge in [0.05, 0.1) is 6.61 Å². The fourth-order valence-electron chi connectivity index (χ4n) is 1.37. The molecule has 0 amide bonds. The SMILES string of the molecule is CCOC(=O)C1CC(N)CCN1. The molecule has 0 bridgehead atoms. The van der Waals surface area contributed by atoms with Crippen LogP contribution in [0.5, 0.6) is 0 Å². The zero-order valence-corrected chi connectivity index (χ0v) is 7.38. The Hall–Kier alpha value is -0.610. The molecule has 0 radical (unpaired) electrons. The molecule has 1 rings (SSSR count). The minimum Gasteiger partial charge on any atom is -0.465 e. The van der Waals surface area contributed by atoms with Gasteiger partial charge in [0.2, 0.25) is 0 Å². The monoisotopic (exact) mass is 172 g/mol. The Kier molecular flexibility index (Phi) is 3.49. The fourth-order valence-corrected chi connectivity index (χ4v) is 1.37. The predicted octanol–water partition coefficient (Wildman–Crippen LogP) is -0.371. The van der Waals surface area contributed by atoms with Crippen molar-refractivity contribution in [3.05, 3.63) is 0 Å². The van der Waals surface area contributed by atoms with Crippen molar-refractivity contribution in [2.45, 2.75) is 31.8 Å². The first-order valence-corrected chi connectivity index (χ1v) is 4.39. The molecule has 0 saturated carbocycles. The van der Waals surface area contributed by atoms with E-state index in [2.05, 4.69) is 5.32 Å². The van der Waals surface area contributed by atoms with Gasteiger partial charge in [-0.15, -0.1) is 0 Å². The third kappa shape index (κ3) is 2.46. The third-order valence-corrected chi connectivity index (χ3v) is 2.02. The molecule has 1 heterocycles. The molecule has 1 saturated heterocycles. The lowest BCUT2D eigenvalue weighted by Crippen LogP contribution is -2.48. The van der Waals surface area contributed by atoms with E-state index < -0.39 is 0 Å². The van der Waals surface area contributed by atoms with Gasteiger partial charge in [-0.25, -0.2) is 0 Å². The molecule has 0 aromatic heterocycles. The number of ether oxygens (including phenoxy) is 1. The first-order chi connectivity index (χ1) is 5.74. The average molecular weight is 172 g/mol. The van der Waals surface area contributed by atoms with E-state index >= 15 is 0 Å². The highest BCUT2D eigenvalue weighted by Crippen LogP contribution is 2.07. The van der Waals surface area contributed by atoms with Crippen LogP contribution in [0.15, 0.2) is 0 Å². The quantitative estimate of drug-likeness (QED) is 0.558. The lowest BCUT2D eigenvalue weighted by Gasteiger charge is -2.26. The Bertz CT molecular complexity index is 161. The van der Waals surface area contributed by atoms with Crippen LogP contribution in [-0.4, -0.2) is 31.2 Å². The van der Waals surface area contributed by atoms with Gasteiger partial charge in [-0.1, -0.05) is 0 Å². The predicted molar refractivity (Wildman–Crippen MR) is 45.6 cm³/mol. The van der Waals surface area contributed by atoms with Crippen LogP contribution in [0.2, 0.25) is 0 Å². The van der Waals surface area contributed by atoms with E-state index in [4.69, 9.17) is 10.5 Å². The van der Waals surface area contributed by atoms with E-state index in [1.165, 1.54) is 0 Å². The molecule has 0 aliphatic carbocycles. The van der Waals surface area contributed by atoms with E-state index in [1.807, 2.05) is 0 Å². The first-order valence-electron chi connectivity index (χ1n) is 4.39. The molecule has 4 heteroatoms. The van der Waals surface area contributed by atoms with E-state index in [9.17, 15) is 4.79 Å². The first kappa shape index (κ1) is 9.48. The Balaban J connectivity index is 2.35. The number of piperidine rings is 1. The summed E-state index contributed by atoms with van der Waals surface area (Å²) in [5.41, 5.74) is 5.71. The molecule has 0 spiro atoms. The van der Waals surface area contributed by atoms with Crippen molar-refractivity contribution in [3.8, 4) is 0 Å². The van der Waals surface area contributed by atoms with Crippen molar-refractivity contribution in [2.24, 2.45) is 5.73 Å². The second-order valence-corrected chi connectivity index (χ2v) is 3.04. The van der Waals surface area contributed by atoms with Crippen LogP contribution in [0, 0.1) is 0 Å². The van der Waals surface area contributed by atoms with Gasteiger partial charge in [0.25, 0.3) is 0 Å². The van der Waals surface area contributed by atoms with Crippen molar-refractivity contribution < 1.29 is 9.53 Å². The maximum absolute atomic E-state index is 11.2. The summed E-state index contributed by atoms with van der Waals surface area (Å²) in [6.07, 6.45) is 1.63. The zero-order chi connectivity index (χ0) is 8.97. The number of hydrogen-bond acceptors (Lipinski definition) is 4. The minimum absolute atomic E-state index is 0.139. The zero-order valence-electron chi connectivity index (χ0n) is 7.38. The number of nitrogens with two attached hydrogens (primary N) is 1. The van der Waals surface area contributed by atoms with E-state index in [1.54, 1.807) is 6.92 Å². The summed E-state index contributed by atoms with van der Waals surface area (Å²) in [4.78, 5) is 11.2. The van der Waals surface area contributed by atoms with Crippen molar-refractivity contribution in [2.75, 3.05) is 13.2 Å². The standard InChI is InChI=1S/C8H16N2O2/c1-2-12-8(11)7-5-6(9)3-4-10-7/h6-7,10H,2-5,9H2,1H3. The van der Waals surface area contributed by atoms with Crippen LogP contribution in [0.1, 0.15) is 19.8 Å². The molecule has 12 heavy (non-hydrogen) atoms. The Morgan fingerprint density at radius 1 is 1.75 bits per heavy atom. The number of carbonyl (C=O) groups is 1. The lowest BCUT2D eigenvalue weighted by molar-refractivity contribution is -0.146. The number of nitrogens with one attached hydrogen (secondary N) is 1. The Labute approximate surface area is 72.5 Å². The van der Waals surface area contributed by atoms with Gasteiger partial charge in [-0.2, -0.15) is 0 Å². The molecule has 2 unspecified atom stereocenters. The molecule has 70 valence electrons. The highest BCUT2D eigenvalue weighted by Gasteiger charge is 2.25. The third-order valence-electron chi connectivity index (χ3n) is 2.02. The molecule has 1 aliphatic heterocycles. The molecular formula is C8H16N2O2. The number of carbonyl (C=O) groups excluding carboxylic acids is 1. The second kappa shape index (κ2) is 4.42. The van der Waals surface area contributed by atoms with Crippen LogP contribution < -0.4 is 11.1 Å². The Morgan fingerprint density at radius 2 is 2.50 bits per heavy atom. The minimum atomic E-state index is -0.186. The smallest absolute Gasteiger partial charge is 0.323 e.